The van der Waals surface area contributed by atoms with Crippen LogP contribution in [0.2, 0.25) is 0 Å². The van der Waals surface area contributed by atoms with Crippen LogP contribution in [-0.2, 0) is 11.2 Å². The Hall–Kier alpha value is -3.25. The van der Waals surface area contributed by atoms with Gasteiger partial charge in [-0.05, 0) is 18.1 Å². The number of aryl methyl sites for hydroxylation is 1. The molecule has 1 N–H and O–H groups in total. The second-order valence-corrected chi connectivity index (χ2v) is 7.71. The van der Waals surface area contributed by atoms with E-state index in [-0.39, 0.29) is 17.4 Å². The average Bonchev–Trinajstić information content (AvgIpc) is 3.13. The number of hydrogen-bond acceptors (Lipinski definition) is 4. The topological polar surface area (TPSA) is 63.5 Å². The molecule has 146 valence electrons. The van der Waals surface area contributed by atoms with E-state index in [4.69, 9.17) is 0 Å². The van der Waals surface area contributed by atoms with Crippen molar-refractivity contribution >= 4 is 22.2 Å². The van der Waals surface area contributed by atoms with Crippen molar-refractivity contribution in [2.45, 2.75) is 19.3 Å². The molecule has 0 aliphatic carbocycles. The molecule has 0 bridgehead atoms. The summed E-state index contributed by atoms with van der Waals surface area (Å²) in [6.45, 7) is 2.26. The Bertz CT molecular complexity index is 1140. The van der Waals surface area contributed by atoms with Gasteiger partial charge in [-0.2, -0.15) is 0 Å². The highest BCUT2D eigenvalue weighted by molar-refractivity contribution is 7.15. The largest absolute Gasteiger partial charge is 0.355 e. The second-order valence-electron chi connectivity index (χ2n) is 6.88. The van der Waals surface area contributed by atoms with E-state index in [1.807, 2.05) is 73.0 Å². The van der Waals surface area contributed by atoms with Gasteiger partial charge in [-0.3, -0.25) is 14.0 Å². The molecular weight excluding hydrogens is 382 g/mol. The van der Waals surface area contributed by atoms with E-state index >= 15 is 0 Å². The van der Waals surface area contributed by atoms with E-state index in [9.17, 15) is 9.59 Å². The smallest absolute Gasteiger partial charge is 0.258 e. The highest BCUT2D eigenvalue weighted by Crippen LogP contribution is 2.24. The van der Waals surface area contributed by atoms with Gasteiger partial charge in [0.05, 0.1) is 5.92 Å². The number of nitrogens with one attached hydrogen (secondary N) is 1. The third-order valence-corrected chi connectivity index (χ3v) is 5.69. The summed E-state index contributed by atoms with van der Waals surface area (Å²) in [5.74, 6) is -0.424. The Morgan fingerprint density at radius 1 is 1.07 bits per heavy atom. The van der Waals surface area contributed by atoms with Gasteiger partial charge in [0.1, 0.15) is 0 Å². The Labute approximate surface area is 172 Å². The van der Waals surface area contributed by atoms with E-state index in [0.717, 1.165) is 16.8 Å². The van der Waals surface area contributed by atoms with E-state index in [1.54, 1.807) is 4.40 Å². The van der Waals surface area contributed by atoms with Crippen molar-refractivity contribution in [1.29, 1.82) is 0 Å². The predicted octanol–water partition coefficient (Wildman–Crippen LogP) is 3.56. The van der Waals surface area contributed by atoms with Gasteiger partial charge in [-0.25, -0.2) is 4.98 Å². The Kier molecular flexibility index (Phi) is 5.53. The standard InChI is InChI=1S/C23H21N3O2S/c1-16-14-20(27)26-19(15-29-23(26)25-16)12-13-24-22(28)21(17-8-4-2-5-9-17)18-10-6-3-7-11-18/h2-11,14-15,21H,12-13H2,1H3,(H,24,28). The molecular formula is C23H21N3O2S. The highest BCUT2D eigenvalue weighted by Gasteiger charge is 2.22. The van der Waals surface area contributed by atoms with Crippen molar-refractivity contribution in [3.05, 3.63) is 105 Å². The fourth-order valence-electron chi connectivity index (χ4n) is 3.46. The number of carbonyl (C=O) groups excluding carboxylic acids is 1. The summed E-state index contributed by atoms with van der Waals surface area (Å²) in [7, 11) is 0. The normalized spacial score (nSPS) is 11.1. The number of fused-ring (bicyclic) bond motifs is 1. The molecule has 0 spiro atoms. The molecule has 0 aliphatic rings. The number of benzene rings is 2. The molecule has 29 heavy (non-hydrogen) atoms. The molecule has 1 amide bonds. The molecule has 0 atom stereocenters. The van der Waals surface area contributed by atoms with Gasteiger partial charge in [0.2, 0.25) is 5.91 Å². The van der Waals surface area contributed by atoms with Gasteiger partial charge in [-0.15, -0.1) is 11.3 Å². The van der Waals surface area contributed by atoms with Crippen LogP contribution < -0.4 is 10.9 Å². The summed E-state index contributed by atoms with van der Waals surface area (Å²) in [6, 6.07) is 21.1. The first-order valence-electron chi connectivity index (χ1n) is 9.48. The Morgan fingerprint density at radius 2 is 1.69 bits per heavy atom. The van der Waals surface area contributed by atoms with Crippen LogP contribution in [-0.4, -0.2) is 21.8 Å². The van der Waals surface area contributed by atoms with Gasteiger partial charge in [-0.1, -0.05) is 60.7 Å². The number of amides is 1. The lowest BCUT2D eigenvalue weighted by atomic mass is 9.90. The fourth-order valence-corrected chi connectivity index (χ4v) is 4.43. The summed E-state index contributed by atoms with van der Waals surface area (Å²) in [6.07, 6.45) is 0.562. The Morgan fingerprint density at radius 3 is 2.31 bits per heavy atom. The third-order valence-electron chi connectivity index (χ3n) is 4.81. The number of nitrogens with zero attached hydrogens (tertiary/aromatic N) is 2. The maximum atomic E-state index is 13.1. The van der Waals surface area contributed by atoms with Crippen LogP contribution in [0.25, 0.3) is 4.96 Å². The molecule has 0 aliphatic heterocycles. The van der Waals surface area contributed by atoms with Crippen molar-refractivity contribution in [3.8, 4) is 0 Å². The quantitative estimate of drug-likeness (QED) is 0.535. The molecule has 4 aromatic rings. The van der Waals surface area contributed by atoms with Crippen LogP contribution >= 0.6 is 11.3 Å². The average molecular weight is 404 g/mol. The van der Waals surface area contributed by atoms with Crippen molar-refractivity contribution in [1.82, 2.24) is 14.7 Å². The number of carbonyl (C=O) groups is 1. The lowest BCUT2D eigenvalue weighted by molar-refractivity contribution is -0.121. The maximum absolute atomic E-state index is 13.1. The highest BCUT2D eigenvalue weighted by atomic mass is 32.1. The first-order valence-corrected chi connectivity index (χ1v) is 10.4. The first-order chi connectivity index (χ1) is 14.1. The first kappa shape index (κ1) is 19.1. The van der Waals surface area contributed by atoms with Crippen LogP contribution in [0.4, 0.5) is 0 Å². The van der Waals surface area contributed by atoms with Crippen LogP contribution in [0.5, 0.6) is 0 Å². The minimum absolute atomic E-state index is 0.0525. The molecule has 0 radical (unpaired) electrons. The van der Waals surface area contributed by atoms with Crippen LogP contribution in [0.3, 0.4) is 0 Å². The van der Waals surface area contributed by atoms with E-state index in [1.165, 1.54) is 17.4 Å². The van der Waals surface area contributed by atoms with Crippen molar-refractivity contribution in [2.24, 2.45) is 0 Å². The zero-order valence-corrected chi connectivity index (χ0v) is 16.9. The number of thiazole rings is 1. The lowest BCUT2D eigenvalue weighted by Crippen LogP contribution is -2.32. The van der Waals surface area contributed by atoms with E-state index < -0.39 is 0 Å². The maximum Gasteiger partial charge on any atom is 0.258 e. The molecule has 6 heteroatoms. The van der Waals surface area contributed by atoms with Crippen LogP contribution in [0.1, 0.15) is 28.4 Å². The minimum atomic E-state index is -0.372. The molecule has 2 aromatic heterocycles. The minimum Gasteiger partial charge on any atom is -0.355 e. The molecule has 4 rings (SSSR count). The van der Waals surface area contributed by atoms with Gasteiger partial charge < -0.3 is 5.32 Å². The van der Waals surface area contributed by atoms with E-state index in [0.29, 0.717) is 23.6 Å². The third kappa shape index (κ3) is 4.12. The summed E-state index contributed by atoms with van der Waals surface area (Å²) in [5, 5.41) is 4.98. The molecule has 0 fully saturated rings. The zero-order chi connectivity index (χ0) is 20.2. The van der Waals surface area contributed by atoms with Crippen molar-refractivity contribution < 1.29 is 4.79 Å². The number of aromatic nitrogens is 2. The van der Waals surface area contributed by atoms with Gasteiger partial charge in [0.15, 0.2) is 4.96 Å². The second kappa shape index (κ2) is 8.41. The molecule has 2 aromatic carbocycles. The molecule has 5 nitrogen and oxygen atoms in total. The summed E-state index contributed by atoms with van der Waals surface area (Å²) >= 11 is 1.44. The molecule has 2 heterocycles. The SMILES string of the molecule is Cc1cc(=O)n2c(CCNC(=O)C(c3ccccc3)c3ccccc3)csc2n1. The van der Waals surface area contributed by atoms with Gasteiger partial charge in [0, 0.05) is 35.8 Å². The summed E-state index contributed by atoms with van der Waals surface area (Å²) in [5.41, 5.74) is 3.40. The number of rotatable bonds is 6. The number of hydrogen-bond donors (Lipinski definition) is 1. The summed E-state index contributed by atoms with van der Waals surface area (Å²) in [4.78, 5) is 30.4. The van der Waals surface area contributed by atoms with Gasteiger partial charge in [0.25, 0.3) is 5.56 Å². The van der Waals surface area contributed by atoms with Crippen LogP contribution in [0.15, 0.2) is 76.9 Å². The molecule has 0 unspecified atom stereocenters. The lowest BCUT2D eigenvalue weighted by Gasteiger charge is -2.18. The summed E-state index contributed by atoms with van der Waals surface area (Å²) < 4.78 is 1.62. The molecule has 0 saturated heterocycles. The predicted molar refractivity (Wildman–Crippen MR) is 116 cm³/mol. The monoisotopic (exact) mass is 403 g/mol. The van der Waals surface area contributed by atoms with Gasteiger partial charge >= 0.3 is 0 Å². The Balaban J connectivity index is 1.51. The van der Waals surface area contributed by atoms with Crippen LogP contribution in [0, 0.1) is 6.92 Å². The molecule has 0 saturated carbocycles. The fraction of sp³-hybridized carbons (Fsp3) is 0.174. The van der Waals surface area contributed by atoms with Crippen molar-refractivity contribution in [2.75, 3.05) is 6.54 Å². The van der Waals surface area contributed by atoms with Crippen molar-refractivity contribution in [3.63, 3.8) is 0 Å². The van der Waals surface area contributed by atoms with E-state index in [2.05, 4.69) is 10.3 Å². The zero-order valence-electron chi connectivity index (χ0n) is 16.0.